The van der Waals surface area contributed by atoms with Gasteiger partial charge in [0.2, 0.25) is 5.91 Å². The lowest BCUT2D eigenvalue weighted by atomic mass is 10.0. The van der Waals surface area contributed by atoms with E-state index < -0.39 is 4.92 Å². The van der Waals surface area contributed by atoms with Gasteiger partial charge in [0.15, 0.2) is 5.69 Å². The molecule has 1 saturated heterocycles. The Hall–Kier alpha value is -4.28. The molecule has 36 heavy (non-hydrogen) atoms. The van der Waals surface area contributed by atoms with Gasteiger partial charge in [-0.2, -0.15) is 5.10 Å². The monoisotopic (exact) mass is 492 g/mol. The number of amides is 2. The number of carbonyl (C=O) groups excluding carboxylic acids is 2. The predicted octanol–water partition coefficient (Wildman–Crippen LogP) is 2.55. The molecule has 2 aromatic carbocycles. The summed E-state index contributed by atoms with van der Waals surface area (Å²) in [6.45, 7) is 3.08. The van der Waals surface area contributed by atoms with Crippen molar-refractivity contribution in [1.82, 2.24) is 20.0 Å². The molecule has 0 radical (unpaired) electrons. The number of nitrogens with one attached hydrogen (secondary N) is 1. The van der Waals surface area contributed by atoms with Crippen molar-refractivity contribution in [3.05, 3.63) is 87.0 Å². The number of H-pyrrole nitrogens is 1. The van der Waals surface area contributed by atoms with Gasteiger partial charge >= 0.3 is 0 Å². The average molecular weight is 493 g/mol. The molecule has 0 aliphatic carbocycles. The molecular weight excluding hydrogens is 467 g/mol. The summed E-state index contributed by atoms with van der Waals surface area (Å²) >= 11 is 0. The first-order chi connectivity index (χ1) is 17.4. The molecule has 10 nitrogen and oxygen atoms in total. The molecule has 2 aliphatic rings. The highest BCUT2D eigenvalue weighted by Gasteiger charge is 2.31. The molecule has 1 aromatic heterocycles. The number of fused-ring (bicyclic) bond motifs is 1. The van der Waals surface area contributed by atoms with Gasteiger partial charge in [0.1, 0.15) is 5.82 Å². The van der Waals surface area contributed by atoms with Crippen molar-refractivity contribution in [3.63, 3.8) is 0 Å². The third kappa shape index (κ3) is 4.77. The number of nitro groups is 1. The Kier molecular flexibility index (Phi) is 6.36. The molecule has 1 fully saturated rings. The van der Waals surface area contributed by atoms with E-state index in [0.717, 1.165) is 16.9 Å². The molecule has 2 amide bonds. The zero-order valence-corrected chi connectivity index (χ0v) is 19.5. The largest absolute Gasteiger partial charge is 0.368 e. The lowest BCUT2D eigenvalue weighted by molar-refractivity contribution is -0.384. The van der Waals surface area contributed by atoms with Gasteiger partial charge in [-0.15, -0.1) is 0 Å². The topological polar surface area (TPSA) is 116 Å². The van der Waals surface area contributed by atoms with Crippen molar-refractivity contribution < 1.29 is 18.9 Å². The van der Waals surface area contributed by atoms with E-state index in [1.807, 2.05) is 0 Å². The lowest BCUT2D eigenvalue weighted by Gasteiger charge is -2.36. The van der Waals surface area contributed by atoms with E-state index in [1.54, 1.807) is 34.1 Å². The Bertz CT molecular complexity index is 1280. The molecule has 0 saturated carbocycles. The van der Waals surface area contributed by atoms with Gasteiger partial charge < -0.3 is 14.7 Å². The quantitative estimate of drug-likeness (QED) is 0.432. The summed E-state index contributed by atoms with van der Waals surface area (Å²) < 4.78 is 13.2. The van der Waals surface area contributed by atoms with E-state index >= 15 is 0 Å². The minimum absolute atomic E-state index is 0.0196. The Morgan fingerprint density at radius 2 is 1.67 bits per heavy atom. The van der Waals surface area contributed by atoms with Crippen LogP contribution in [0, 0.1) is 15.9 Å². The van der Waals surface area contributed by atoms with Crippen LogP contribution in [0.25, 0.3) is 0 Å². The number of piperazine rings is 1. The highest BCUT2D eigenvalue weighted by molar-refractivity contribution is 5.94. The number of hydrogen-bond donors (Lipinski definition) is 1. The number of benzene rings is 2. The summed E-state index contributed by atoms with van der Waals surface area (Å²) in [5.41, 5.74) is 3.54. The molecule has 186 valence electrons. The maximum atomic E-state index is 13.3. The van der Waals surface area contributed by atoms with Gasteiger partial charge in [0.05, 0.1) is 11.3 Å². The Balaban J connectivity index is 1.22. The van der Waals surface area contributed by atoms with Crippen molar-refractivity contribution in [2.75, 3.05) is 37.6 Å². The van der Waals surface area contributed by atoms with Crippen molar-refractivity contribution in [3.8, 4) is 0 Å². The summed E-state index contributed by atoms with van der Waals surface area (Å²) in [5.74, 6) is -0.561. The zero-order valence-electron chi connectivity index (χ0n) is 19.5. The smallest absolute Gasteiger partial charge is 0.274 e. The lowest BCUT2D eigenvalue weighted by Crippen LogP contribution is -2.49. The van der Waals surface area contributed by atoms with Gasteiger partial charge in [-0.25, -0.2) is 4.39 Å². The third-order valence-corrected chi connectivity index (χ3v) is 6.75. The minimum Gasteiger partial charge on any atom is -0.368 e. The summed E-state index contributed by atoms with van der Waals surface area (Å²) in [6, 6.07) is 12.3. The molecule has 3 aromatic rings. The van der Waals surface area contributed by atoms with Crippen LogP contribution in [0.4, 0.5) is 15.8 Å². The van der Waals surface area contributed by atoms with E-state index in [-0.39, 0.29) is 36.3 Å². The van der Waals surface area contributed by atoms with Crippen molar-refractivity contribution in [1.29, 1.82) is 0 Å². The number of aromatic amines is 1. The van der Waals surface area contributed by atoms with Crippen LogP contribution < -0.4 is 4.90 Å². The molecule has 1 N–H and O–H groups in total. The van der Waals surface area contributed by atoms with Gasteiger partial charge in [0.25, 0.3) is 11.6 Å². The highest BCUT2D eigenvalue weighted by atomic mass is 19.1. The molecule has 3 heterocycles. The Morgan fingerprint density at radius 3 is 2.33 bits per heavy atom. The number of anilines is 1. The van der Waals surface area contributed by atoms with Crippen LogP contribution in [0.3, 0.4) is 0 Å². The summed E-state index contributed by atoms with van der Waals surface area (Å²) in [7, 11) is 0. The maximum Gasteiger partial charge on any atom is 0.274 e. The second kappa shape index (κ2) is 9.76. The van der Waals surface area contributed by atoms with Crippen LogP contribution in [0.5, 0.6) is 0 Å². The van der Waals surface area contributed by atoms with Crippen molar-refractivity contribution >= 4 is 23.2 Å². The van der Waals surface area contributed by atoms with Crippen LogP contribution >= 0.6 is 0 Å². The van der Waals surface area contributed by atoms with E-state index in [0.29, 0.717) is 50.4 Å². The van der Waals surface area contributed by atoms with E-state index in [2.05, 4.69) is 15.1 Å². The normalized spacial score (nSPS) is 15.5. The maximum absolute atomic E-state index is 13.3. The first-order valence-electron chi connectivity index (χ1n) is 11.8. The minimum atomic E-state index is -0.474. The number of halogens is 1. The van der Waals surface area contributed by atoms with Crippen LogP contribution in [-0.2, 0) is 24.2 Å². The van der Waals surface area contributed by atoms with Crippen LogP contribution in [0.1, 0.15) is 27.3 Å². The number of nitro benzene ring substituents is 1. The second-order valence-electron chi connectivity index (χ2n) is 8.95. The Labute approximate surface area is 206 Å². The number of aromatic nitrogens is 2. The summed E-state index contributed by atoms with van der Waals surface area (Å²) in [4.78, 5) is 42.2. The predicted molar refractivity (Wildman–Crippen MR) is 129 cm³/mol. The van der Waals surface area contributed by atoms with E-state index in [1.165, 1.54) is 24.3 Å². The fraction of sp³-hybridized carbons (Fsp3) is 0.320. The summed E-state index contributed by atoms with van der Waals surface area (Å²) in [6.07, 6.45) is 0.694. The third-order valence-electron chi connectivity index (χ3n) is 6.75. The molecule has 0 atom stereocenters. The molecular formula is C25H25FN6O4. The molecule has 2 aliphatic heterocycles. The molecule has 0 bridgehead atoms. The van der Waals surface area contributed by atoms with Gasteiger partial charge in [-0.3, -0.25) is 24.8 Å². The highest BCUT2D eigenvalue weighted by Crippen LogP contribution is 2.24. The SMILES string of the molecule is O=C(Cc1ccc([N+](=O)[O-])cc1)N1CCc2[nH]nc(C(=O)N3CCN(c4ccc(F)cc4)CC3)c2C1. The van der Waals surface area contributed by atoms with Crippen LogP contribution in [-0.4, -0.2) is 69.5 Å². The fourth-order valence-corrected chi connectivity index (χ4v) is 4.68. The second-order valence-corrected chi connectivity index (χ2v) is 8.95. The number of hydrogen-bond acceptors (Lipinski definition) is 6. The molecule has 5 rings (SSSR count). The van der Waals surface area contributed by atoms with Crippen LogP contribution in [0.15, 0.2) is 48.5 Å². The zero-order chi connectivity index (χ0) is 25.2. The number of non-ortho nitro benzene ring substituents is 1. The number of carbonyl (C=O) groups is 2. The molecule has 0 unspecified atom stereocenters. The standard InChI is InChI=1S/C25H25FN6O4/c26-18-3-7-19(8-4-18)29-11-13-30(14-12-29)25(34)24-21-16-31(10-9-22(21)27-28-24)23(33)15-17-1-5-20(6-2-17)32(35)36/h1-8H,9-16H2,(H,27,28). The van der Waals surface area contributed by atoms with Gasteiger partial charge in [-0.05, 0) is 29.8 Å². The molecule has 11 heteroatoms. The average Bonchev–Trinajstić information content (AvgIpc) is 3.32. The fourth-order valence-electron chi connectivity index (χ4n) is 4.68. The summed E-state index contributed by atoms with van der Waals surface area (Å²) in [5, 5.41) is 18.1. The van der Waals surface area contributed by atoms with Crippen molar-refractivity contribution in [2.24, 2.45) is 0 Å². The van der Waals surface area contributed by atoms with E-state index in [4.69, 9.17) is 0 Å². The van der Waals surface area contributed by atoms with Crippen molar-refractivity contribution in [2.45, 2.75) is 19.4 Å². The number of nitrogens with zero attached hydrogens (tertiary/aromatic N) is 5. The van der Waals surface area contributed by atoms with E-state index in [9.17, 15) is 24.1 Å². The number of rotatable bonds is 5. The first-order valence-corrected chi connectivity index (χ1v) is 11.8. The molecule has 0 spiro atoms. The Morgan fingerprint density at radius 1 is 0.972 bits per heavy atom. The van der Waals surface area contributed by atoms with Gasteiger partial charge in [0, 0.05) is 74.8 Å². The van der Waals surface area contributed by atoms with Crippen LogP contribution in [0.2, 0.25) is 0 Å². The first kappa shape index (κ1) is 23.5. The van der Waals surface area contributed by atoms with Gasteiger partial charge in [-0.1, -0.05) is 12.1 Å².